The van der Waals surface area contributed by atoms with Crippen LogP contribution in [0.15, 0.2) is 97.2 Å². The van der Waals surface area contributed by atoms with E-state index in [1.54, 1.807) is 0 Å². The fourth-order valence-electron chi connectivity index (χ4n) is 2.72. The molecule has 0 saturated carbocycles. The summed E-state index contributed by atoms with van der Waals surface area (Å²) >= 11 is 5.61. The van der Waals surface area contributed by atoms with E-state index in [1.807, 2.05) is 43.3 Å². The summed E-state index contributed by atoms with van der Waals surface area (Å²) in [6.45, 7) is 2.93. The first kappa shape index (κ1) is 18.0. The second kappa shape index (κ2) is 9.07. The SMILES string of the molecule is C1=C(c2ccccc2)C=C(c2ccccc2)CN1.Cc1ccc(Cl)cc1. The van der Waals surface area contributed by atoms with Crippen molar-refractivity contribution in [2.75, 3.05) is 6.54 Å². The molecular weight excluding hydrogens is 338 g/mol. The Labute approximate surface area is 160 Å². The molecule has 0 amide bonds. The average molecular weight is 360 g/mol. The van der Waals surface area contributed by atoms with E-state index in [9.17, 15) is 0 Å². The summed E-state index contributed by atoms with van der Waals surface area (Å²) in [5, 5.41) is 4.15. The predicted molar refractivity (Wildman–Crippen MR) is 113 cm³/mol. The van der Waals surface area contributed by atoms with Gasteiger partial charge >= 0.3 is 0 Å². The van der Waals surface area contributed by atoms with Crippen LogP contribution in [-0.2, 0) is 0 Å². The van der Waals surface area contributed by atoms with E-state index < -0.39 is 0 Å². The van der Waals surface area contributed by atoms with Gasteiger partial charge in [0.1, 0.15) is 0 Å². The lowest BCUT2D eigenvalue weighted by atomic mass is 9.97. The van der Waals surface area contributed by atoms with Gasteiger partial charge in [-0.2, -0.15) is 0 Å². The Balaban J connectivity index is 0.000000206. The summed E-state index contributed by atoms with van der Waals surface area (Å²) in [5.41, 5.74) is 6.34. The van der Waals surface area contributed by atoms with Crippen LogP contribution in [-0.4, -0.2) is 6.54 Å². The quantitative estimate of drug-likeness (QED) is 0.561. The van der Waals surface area contributed by atoms with Crippen molar-refractivity contribution in [2.24, 2.45) is 0 Å². The summed E-state index contributed by atoms with van der Waals surface area (Å²) in [6.07, 6.45) is 4.35. The summed E-state index contributed by atoms with van der Waals surface area (Å²) in [7, 11) is 0. The molecule has 1 aliphatic rings. The normalized spacial score (nSPS) is 12.8. The number of rotatable bonds is 2. The van der Waals surface area contributed by atoms with Crippen LogP contribution in [0.25, 0.3) is 11.1 Å². The first-order valence-electron chi connectivity index (χ1n) is 8.69. The zero-order valence-electron chi connectivity index (χ0n) is 14.8. The highest BCUT2D eigenvalue weighted by molar-refractivity contribution is 6.30. The molecule has 0 unspecified atom stereocenters. The maximum absolute atomic E-state index is 5.61. The Morgan fingerprint density at radius 3 is 1.88 bits per heavy atom. The van der Waals surface area contributed by atoms with Gasteiger partial charge in [0.15, 0.2) is 0 Å². The largest absolute Gasteiger partial charge is 0.386 e. The lowest BCUT2D eigenvalue weighted by molar-refractivity contribution is 0.990. The monoisotopic (exact) mass is 359 g/mol. The van der Waals surface area contributed by atoms with Gasteiger partial charge in [-0.3, -0.25) is 0 Å². The molecule has 0 aliphatic carbocycles. The fraction of sp³-hybridized carbons (Fsp3) is 0.0833. The molecule has 0 spiro atoms. The van der Waals surface area contributed by atoms with Crippen LogP contribution in [0.2, 0.25) is 5.02 Å². The van der Waals surface area contributed by atoms with E-state index in [2.05, 4.69) is 66.1 Å². The minimum absolute atomic E-state index is 0.801. The molecule has 4 rings (SSSR count). The van der Waals surface area contributed by atoms with E-state index >= 15 is 0 Å². The van der Waals surface area contributed by atoms with Crippen LogP contribution < -0.4 is 5.32 Å². The van der Waals surface area contributed by atoms with E-state index in [0.717, 1.165) is 11.6 Å². The molecule has 0 bridgehead atoms. The minimum Gasteiger partial charge on any atom is -0.386 e. The second-order valence-electron chi connectivity index (χ2n) is 6.18. The molecule has 1 N–H and O–H groups in total. The average Bonchev–Trinajstić information content (AvgIpc) is 2.72. The molecule has 130 valence electrons. The third-order valence-electron chi connectivity index (χ3n) is 4.14. The second-order valence-corrected chi connectivity index (χ2v) is 6.61. The molecule has 0 radical (unpaired) electrons. The maximum Gasteiger partial charge on any atom is 0.0406 e. The molecule has 3 aromatic rings. The lowest BCUT2D eigenvalue weighted by Gasteiger charge is -2.16. The highest BCUT2D eigenvalue weighted by atomic mass is 35.5. The highest BCUT2D eigenvalue weighted by Crippen LogP contribution is 2.24. The van der Waals surface area contributed by atoms with Gasteiger partial charge in [0, 0.05) is 17.8 Å². The number of hydrogen-bond acceptors (Lipinski definition) is 1. The lowest BCUT2D eigenvalue weighted by Crippen LogP contribution is -2.13. The van der Waals surface area contributed by atoms with Crippen LogP contribution >= 0.6 is 11.6 Å². The predicted octanol–water partition coefficient (Wildman–Crippen LogP) is 6.36. The third-order valence-corrected chi connectivity index (χ3v) is 4.39. The summed E-state index contributed by atoms with van der Waals surface area (Å²) in [4.78, 5) is 0. The maximum atomic E-state index is 5.61. The molecule has 0 aromatic heterocycles. The number of allylic oxidation sites excluding steroid dienone is 2. The van der Waals surface area contributed by atoms with Gasteiger partial charge in [-0.25, -0.2) is 0 Å². The van der Waals surface area contributed by atoms with Crippen molar-refractivity contribution >= 4 is 22.7 Å². The molecule has 2 heteroatoms. The Kier molecular flexibility index (Phi) is 6.29. The number of dihydropyridines is 1. The van der Waals surface area contributed by atoms with Crippen LogP contribution in [0.3, 0.4) is 0 Å². The smallest absolute Gasteiger partial charge is 0.0406 e. The van der Waals surface area contributed by atoms with Gasteiger partial charge in [-0.1, -0.05) is 90.0 Å². The topological polar surface area (TPSA) is 12.0 Å². The van der Waals surface area contributed by atoms with Crippen molar-refractivity contribution in [3.05, 3.63) is 119 Å². The molecule has 0 atom stereocenters. The highest BCUT2D eigenvalue weighted by Gasteiger charge is 2.07. The van der Waals surface area contributed by atoms with E-state index in [-0.39, 0.29) is 0 Å². The van der Waals surface area contributed by atoms with Gasteiger partial charge < -0.3 is 5.32 Å². The number of aryl methyl sites for hydroxylation is 1. The summed E-state index contributed by atoms with van der Waals surface area (Å²) < 4.78 is 0. The molecule has 0 fully saturated rings. The minimum atomic E-state index is 0.801. The van der Waals surface area contributed by atoms with E-state index in [4.69, 9.17) is 11.6 Å². The number of benzene rings is 3. The zero-order chi connectivity index (χ0) is 18.2. The molecule has 3 aromatic carbocycles. The van der Waals surface area contributed by atoms with E-state index in [1.165, 1.54) is 27.8 Å². The Bertz CT molecular complexity index is 858. The Morgan fingerprint density at radius 1 is 0.731 bits per heavy atom. The van der Waals surface area contributed by atoms with Gasteiger partial charge in [-0.05, 0) is 47.4 Å². The van der Waals surface area contributed by atoms with Gasteiger partial charge in [-0.15, -0.1) is 0 Å². The van der Waals surface area contributed by atoms with Crippen LogP contribution in [0.1, 0.15) is 16.7 Å². The molecule has 1 nitrogen and oxygen atoms in total. The van der Waals surface area contributed by atoms with Crippen molar-refractivity contribution in [3.8, 4) is 0 Å². The zero-order valence-corrected chi connectivity index (χ0v) is 15.6. The van der Waals surface area contributed by atoms with Gasteiger partial charge in [0.2, 0.25) is 0 Å². The van der Waals surface area contributed by atoms with Crippen LogP contribution in [0, 0.1) is 6.92 Å². The fourth-order valence-corrected chi connectivity index (χ4v) is 2.85. The Morgan fingerprint density at radius 2 is 1.31 bits per heavy atom. The van der Waals surface area contributed by atoms with E-state index in [0.29, 0.717) is 0 Å². The number of hydrogen-bond donors (Lipinski definition) is 1. The molecule has 1 heterocycles. The standard InChI is InChI=1S/C17H15N.C7H7Cl/c1-3-7-14(8-4-1)16-11-17(13-18-12-16)15-9-5-2-6-10-15;1-6-2-4-7(8)5-3-6/h1-12,18H,13H2;2-5H,1H3. The first-order chi connectivity index (χ1) is 12.7. The molecule has 0 saturated heterocycles. The third kappa shape index (κ3) is 5.11. The van der Waals surface area contributed by atoms with Crippen molar-refractivity contribution < 1.29 is 0 Å². The summed E-state index contributed by atoms with van der Waals surface area (Å²) in [6, 6.07) is 28.7. The molecule has 26 heavy (non-hydrogen) atoms. The van der Waals surface area contributed by atoms with Crippen molar-refractivity contribution in [2.45, 2.75) is 6.92 Å². The van der Waals surface area contributed by atoms with Gasteiger partial charge in [0.05, 0.1) is 0 Å². The van der Waals surface area contributed by atoms with Crippen molar-refractivity contribution in [1.29, 1.82) is 0 Å². The number of halogens is 1. The summed E-state index contributed by atoms with van der Waals surface area (Å²) in [5.74, 6) is 0. The van der Waals surface area contributed by atoms with Crippen LogP contribution in [0.4, 0.5) is 0 Å². The Hall–Kier alpha value is -2.77. The van der Waals surface area contributed by atoms with Crippen molar-refractivity contribution in [3.63, 3.8) is 0 Å². The molecule has 1 aliphatic heterocycles. The van der Waals surface area contributed by atoms with Crippen LogP contribution in [0.5, 0.6) is 0 Å². The van der Waals surface area contributed by atoms with Crippen molar-refractivity contribution in [1.82, 2.24) is 5.32 Å². The van der Waals surface area contributed by atoms with Gasteiger partial charge in [0.25, 0.3) is 0 Å². The first-order valence-corrected chi connectivity index (χ1v) is 9.07. The number of nitrogens with one attached hydrogen (secondary N) is 1. The molecular formula is C24H22ClN.